The van der Waals surface area contributed by atoms with Gasteiger partial charge in [-0.1, -0.05) is 43.5 Å². The van der Waals surface area contributed by atoms with Gasteiger partial charge in [0.2, 0.25) is 0 Å². The molecular formula is C17H17Cl2F3N4. The molecule has 0 amide bonds. The summed E-state index contributed by atoms with van der Waals surface area (Å²) in [5, 5.41) is 16.1. The molecule has 2 rings (SSSR count). The van der Waals surface area contributed by atoms with Crippen LogP contribution in [0.2, 0.25) is 10.0 Å². The zero-order valence-electron chi connectivity index (χ0n) is 14.2. The van der Waals surface area contributed by atoms with Crippen LogP contribution in [0.3, 0.4) is 0 Å². The van der Waals surface area contributed by atoms with Crippen molar-refractivity contribution in [3.05, 3.63) is 39.5 Å². The standard InChI is InChI=1S/C17H17Cl2F3N4/c1-3-4-10(2)8-24-16-11(7-23)9-25-26(16)15-13(18)5-12(6-14(15)19)17(20,21)22/h5-6,9-10,24H,3-4,8H2,1-2H3. The van der Waals surface area contributed by atoms with Crippen LogP contribution >= 0.6 is 23.2 Å². The first-order chi connectivity index (χ1) is 12.2. The second kappa shape index (κ2) is 8.19. The van der Waals surface area contributed by atoms with Gasteiger partial charge in [-0.2, -0.15) is 23.5 Å². The number of halogens is 5. The van der Waals surface area contributed by atoms with E-state index in [1.54, 1.807) is 0 Å². The molecule has 1 heterocycles. The molecule has 0 fully saturated rings. The first-order valence-electron chi connectivity index (χ1n) is 7.97. The normalized spacial score (nSPS) is 12.7. The molecule has 1 aromatic heterocycles. The zero-order chi connectivity index (χ0) is 19.5. The summed E-state index contributed by atoms with van der Waals surface area (Å²) in [6.07, 6.45) is -1.24. The topological polar surface area (TPSA) is 53.6 Å². The maximum absolute atomic E-state index is 12.9. The van der Waals surface area contributed by atoms with Crippen molar-refractivity contribution in [2.45, 2.75) is 32.9 Å². The monoisotopic (exact) mass is 404 g/mol. The van der Waals surface area contributed by atoms with Gasteiger partial charge in [-0.25, -0.2) is 4.68 Å². The van der Waals surface area contributed by atoms with Gasteiger partial charge in [0.05, 0.1) is 21.8 Å². The molecule has 0 aliphatic carbocycles. The Morgan fingerprint density at radius 2 is 1.92 bits per heavy atom. The SMILES string of the molecule is CCCC(C)CNc1c(C#N)cnn1-c1c(Cl)cc(C(F)(F)F)cc1Cl. The quantitative estimate of drug-likeness (QED) is 0.649. The summed E-state index contributed by atoms with van der Waals surface area (Å²) in [4.78, 5) is 0. The summed E-state index contributed by atoms with van der Waals surface area (Å²) in [6.45, 7) is 4.70. The highest BCUT2D eigenvalue weighted by atomic mass is 35.5. The van der Waals surface area contributed by atoms with Crippen LogP contribution < -0.4 is 5.32 Å². The van der Waals surface area contributed by atoms with Gasteiger partial charge in [-0.3, -0.25) is 0 Å². The number of benzene rings is 1. The summed E-state index contributed by atoms with van der Waals surface area (Å²) in [6, 6.07) is 3.59. The van der Waals surface area contributed by atoms with Crippen LogP contribution in [0.1, 0.15) is 37.8 Å². The van der Waals surface area contributed by atoms with Gasteiger partial charge in [0, 0.05) is 6.54 Å². The van der Waals surface area contributed by atoms with Gasteiger partial charge >= 0.3 is 6.18 Å². The third-order valence-corrected chi connectivity index (χ3v) is 4.42. The average Bonchev–Trinajstić information content (AvgIpc) is 2.94. The second-order valence-corrected chi connectivity index (χ2v) is 6.81. The van der Waals surface area contributed by atoms with Crippen molar-refractivity contribution in [2.75, 3.05) is 11.9 Å². The predicted molar refractivity (Wildman–Crippen MR) is 95.9 cm³/mol. The summed E-state index contributed by atoms with van der Waals surface area (Å²) in [7, 11) is 0. The number of anilines is 1. The molecular weight excluding hydrogens is 388 g/mol. The lowest BCUT2D eigenvalue weighted by Crippen LogP contribution is -2.15. The second-order valence-electron chi connectivity index (χ2n) is 5.99. The lowest BCUT2D eigenvalue weighted by Gasteiger charge is -2.17. The van der Waals surface area contributed by atoms with Crippen molar-refractivity contribution in [1.29, 1.82) is 5.26 Å². The molecule has 0 spiro atoms. The molecule has 0 aliphatic rings. The molecule has 0 saturated heterocycles. The summed E-state index contributed by atoms with van der Waals surface area (Å²) in [5.41, 5.74) is -0.607. The highest BCUT2D eigenvalue weighted by Crippen LogP contribution is 2.38. The molecule has 0 saturated carbocycles. The lowest BCUT2D eigenvalue weighted by atomic mass is 10.1. The van der Waals surface area contributed by atoms with Crippen molar-refractivity contribution in [3.63, 3.8) is 0 Å². The van der Waals surface area contributed by atoms with Crippen molar-refractivity contribution in [2.24, 2.45) is 5.92 Å². The number of hydrogen-bond donors (Lipinski definition) is 1. The third kappa shape index (κ3) is 4.43. The van der Waals surface area contributed by atoms with E-state index in [2.05, 4.69) is 24.3 Å². The van der Waals surface area contributed by atoms with E-state index in [1.807, 2.05) is 6.07 Å². The summed E-state index contributed by atoms with van der Waals surface area (Å²) in [5.74, 6) is 0.687. The first kappa shape index (κ1) is 20.4. The largest absolute Gasteiger partial charge is 0.416 e. The molecule has 1 unspecified atom stereocenters. The van der Waals surface area contributed by atoms with E-state index in [-0.39, 0.29) is 21.3 Å². The maximum atomic E-state index is 12.9. The Morgan fingerprint density at radius 1 is 1.31 bits per heavy atom. The van der Waals surface area contributed by atoms with Crippen LogP contribution in [-0.4, -0.2) is 16.3 Å². The highest BCUT2D eigenvalue weighted by molar-refractivity contribution is 6.38. The van der Waals surface area contributed by atoms with E-state index in [9.17, 15) is 18.4 Å². The molecule has 4 nitrogen and oxygen atoms in total. The number of aromatic nitrogens is 2. The van der Waals surface area contributed by atoms with Gasteiger partial charge in [0.15, 0.2) is 0 Å². The Kier molecular flexibility index (Phi) is 6.43. The van der Waals surface area contributed by atoms with E-state index >= 15 is 0 Å². The minimum absolute atomic E-state index is 0.0912. The Bertz CT molecular complexity index is 801. The fourth-order valence-corrected chi connectivity index (χ4v) is 3.21. The van der Waals surface area contributed by atoms with Crippen LogP contribution in [0.15, 0.2) is 18.3 Å². The molecule has 9 heteroatoms. The van der Waals surface area contributed by atoms with Crippen LogP contribution in [0, 0.1) is 17.2 Å². The van der Waals surface area contributed by atoms with Crippen LogP contribution in [0.4, 0.5) is 19.0 Å². The van der Waals surface area contributed by atoms with Gasteiger partial charge in [-0.15, -0.1) is 0 Å². The molecule has 0 radical (unpaired) electrons. The maximum Gasteiger partial charge on any atom is 0.416 e. The Balaban J connectivity index is 2.46. The van der Waals surface area contributed by atoms with Crippen LogP contribution in [0.25, 0.3) is 5.69 Å². The Hall–Kier alpha value is -1.91. The average molecular weight is 405 g/mol. The number of nitriles is 1. The number of rotatable bonds is 6. The van der Waals surface area contributed by atoms with E-state index < -0.39 is 11.7 Å². The van der Waals surface area contributed by atoms with E-state index in [0.717, 1.165) is 25.0 Å². The number of alkyl halides is 3. The zero-order valence-corrected chi connectivity index (χ0v) is 15.7. The van der Waals surface area contributed by atoms with Crippen molar-refractivity contribution in [1.82, 2.24) is 9.78 Å². The van der Waals surface area contributed by atoms with Crippen molar-refractivity contribution in [3.8, 4) is 11.8 Å². The van der Waals surface area contributed by atoms with Gasteiger partial charge in [-0.05, 0) is 24.5 Å². The number of nitrogens with one attached hydrogen (secondary N) is 1. The molecule has 2 aromatic rings. The molecule has 140 valence electrons. The summed E-state index contributed by atoms with van der Waals surface area (Å²) >= 11 is 12.1. The van der Waals surface area contributed by atoms with E-state index in [4.69, 9.17) is 23.2 Å². The molecule has 1 atom stereocenters. The van der Waals surface area contributed by atoms with Gasteiger partial charge < -0.3 is 5.32 Å². The fraction of sp³-hybridized carbons (Fsp3) is 0.412. The van der Waals surface area contributed by atoms with Crippen molar-refractivity contribution < 1.29 is 13.2 Å². The van der Waals surface area contributed by atoms with Gasteiger partial charge in [0.1, 0.15) is 23.1 Å². The third-order valence-electron chi connectivity index (χ3n) is 3.85. The van der Waals surface area contributed by atoms with E-state index in [1.165, 1.54) is 10.9 Å². The molecule has 1 aromatic carbocycles. The lowest BCUT2D eigenvalue weighted by molar-refractivity contribution is -0.137. The summed E-state index contributed by atoms with van der Waals surface area (Å²) < 4.78 is 40.0. The molecule has 1 N–H and O–H groups in total. The van der Waals surface area contributed by atoms with Crippen LogP contribution in [-0.2, 0) is 6.18 Å². The van der Waals surface area contributed by atoms with Gasteiger partial charge in [0.25, 0.3) is 0 Å². The molecule has 26 heavy (non-hydrogen) atoms. The first-order valence-corrected chi connectivity index (χ1v) is 8.73. The Morgan fingerprint density at radius 3 is 2.42 bits per heavy atom. The number of hydrogen-bond acceptors (Lipinski definition) is 3. The Labute approximate surface area is 159 Å². The van der Waals surface area contributed by atoms with E-state index in [0.29, 0.717) is 18.3 Å². The minimum atomic E-state index is -4.57. The van der Waals surface area contributed by atoms with Crippen LogP contribution in [0.5, 0.6) is 0 Å². The minimum Gasteiger partial charge on any atom is -0.369 e. The highest BCUT2D eigenvalue weighted by Gasteiger charge is 2.32. The smallest absolute Gasteiger partial charge is 0.369 e. The molecule has 0 bridgehead atoms. The molecule has 0 aliphatic heterocycles. The predicted octanol–water partition coefficient (Wildman–Crippen LogP) is 5.92. The fourth-order valence-electron chi connectivity index (χ4n) is 2.57. The number of nitrogens with zero attached hydrogens (tertiary/aromatic N) is 3. The van der Waals surface area contributed by atoms with Crippen molar-refractivity contribution >= 4 is 29.0 Å².